The Morgan fingerprint density at radius 3 is 2.76 bits per heavy atom. The standard InChI is InChI=1S/C13H27N3O/c1-4-7-13(8-6-9-15-13)12(17)14-10-11-16(3)5-2/h15H,4-11H2,1-3H3,(H,14,17). The van der Waals surface area contributed by atoms with Gasteiger partial charge in [0, 0.05) is 13.1 Å². The van der Waals surface area contributed by atoms with Crippen molar-refractivity contribution in [2.24, 2.45) is 0 Å². The van der Waals surface area contributed by atoms with Crippen molar-refractivity contribution in [3.8, 4) is 0 Å². The molecule has 1 rings (SSSR count). The van der Waals surface area contributed by atoms with Gasteiger partial charge in [-0.05, 0) is 39.4 Å². The fraction of sp³-hybridized carbons (Fsp3) is 0.923. The minimum atomic E-state index is -0.278. The molecule has 2 N–H and O–H groups in total. The Morgan fingerprint density at radius 2 is 2.24 bits per heavy atom. The predicted molar refractivity (Wildman–Crippen MR) is 71.1 cm³/mol. The van der Waals surface area contributed by atoms with Crippen LogP contribution >= 0.6 is 0 Å². The molecule has 1 atom stereocenters. The Bertz CT molecular complexity index is 237. The molecule has 1 heterocycles. The summed E-state index contributed by atoms with van der Waals surface area (Å²) in [5.41, 5.74) is -0.278. The zero-order valence-electron chi connectivity index (χ0n) is 11.5. The van der Waals surface area contributed by atoms with E-state index in [4.69, 9.17) is 0 Å². The van der Waals surface area contributed by atoms with Crippen LogP contribution in [0.2, 0.25) is 0 Å². The molecule has 1 aliphatic heterocycles. The van der Waals surface area contributed by atoms with Crippen molar-refractivity contribution in [2.75, 3.05) is 33.2 Å². The van der Waals surface area contributed by atoms with Gasteiger partial charge in [0.05, 0.1) is 5.54 Å². The van der Waals surface area contributed by atoms with E-state index in [1.165, 1.54) is 0 Å². The Morgan fingerprint density at radius 1 is 1.47 bits per heavy atom. The van der Waals surface area contributed by atoms with Crippen molar-refractivity contribution in [1.82, 2.24) is 15.5 Å². The van der Waals surface area contributed by atoms with E-state index in [2.05, 4.69) is 36.4 Å². The largest absolute Gasteiger partial charge is 0.353 e. The fourth-order valence-electron chi connectivity index (χ4n) is 2.44. The lowest BCUT2D eigenvalue weighted by atomic mass is 9.91. The molecule has 0 saturated carbocycles. The van der Waals surface area contributed by atoms with Gasteiger partial charge in [-0.1, -0.05) is 20.3 Å². The molecule has 0 bridgehead atoms. The number of hydrogen-bond acceptors (Lipinski definition) is 3. The first-order valence-electron chi connectivity index (χ1n) is 6.86. The second-order valence-corrected chi connectivity index (χ2v) is 5.01. The van der Waals surface area contributed by atoms with Crippen molar-refractivity contribution < 1.29 is 4.79 Å². The summed E-state index contributed by atoms with van der Waals surface area (Å²) in [5.74, 6) is 0.196. The first-order valence-corrected chi connectivity index (χ1v) is 6.86. The van der Waals surface area contributed by atoms with E-state index in [0.717, 1.165) is 51.9 Å². The van der Waals surface area contributed by atoms with E-state index in [0.29, 0.717) is 0 Å². The molecular weight excluding hydrogens is 214 g/mol. The lowest BCUT2D eigenvalue weighted by Gasteiger charge is -2.28. The van der Waals surface area contributed by atoms with Crippen molar-refractivity contribution >= 4 is 5.91 Å². The molecule has 1 unspecified atom stereocenters. The number of rotatable bonds is 7. The van der Waals surface area contributed by atoms with Gasteiger partial charge in [-0.25, -0.2) is 0 Å². The predicted octanol–water partition coefficient (Wildman–Crippen LogP) is 0.977. The van der Waals surface area contributed by atoms with Gasteiger partial charge in [-0.2, -0.15) is 0 Å². The van der Waals surface area contributed by atoms with Crippen molar-refractivity contribution in [3.05, 3.63) is 0 Å². The van der Waals surface area contributed by atoms with E-state index in [1.807, 2.05) is 0 Å². The molecule has 1 amide bonds. The van der Waals surface area contributed by atoms with Crippen LogP contribution < -0.4 is 10.6 Å². The van der Waals surface area contributed by atoms with E-state index < -0.39 is 0 Å². The molecule has 0 aromatic rings. The normalized spacial score (nSPS) is 24.2. The summed E-state index contributed by atoms with van der Waals surface area (Å²) in [6, 6.07) is 0. The second-order valence-electron chi connectivity index (χ2n) is 5.01. The zero-order chi connectivity index (χ0) is 12.7. The monoisotopic (exact) mass is 241 g/mol. The van der Waals surface area contributed by atoms with E-state index in [9.17, 15) is 4.79 Å². The molecule has 100 valence electrons. The van der Waals surface area contributed by atoms with Crippen LogP contribution in [-0.2, 0) is 4.79 Å². The van der Waals surface area contributed by atoms with Gasteiger partial charge < -0.3 is 15.5 Å². The highest BCUT2D eigenvalue weighted by molar-refractivity contribution is 5.86. The first-order chi connectivity index (χ1) is 8.14. The van der Waals surface area contributed by atoms with E-state index in [-0.39, 0.29) is 11.4 Å². The van der Waals surface area contributed by atoms with Crippen LogP contribution in [0, 0.1) is 0 Å². The highest BCUT2D eigenvalue weighted by Gasteiger charge is 2.39. The molecule has 4 heteroatoms. The topological polar surface area (TPSA) is 44.4 Å². The van der Waals surface area contributed by atoms with Gasteiger partial charge in [0.1, 0.15) is 0 Å². The Hall–Kier alpha value is -0.610. The van der Waals surface area contributed by atoms with Crippen LogP contribution in [0.1, 0.15) is 39.5 Å². The number of nitrogens with zero attached hydrogens (tertiary/aromatic N) is 1. The number of carbonyl (C=O) groups is 1. The van der Waals surface area contributed by atoms with E-state index in [1.54, 1.807) is 0 Å². The third-order valence-corrected chi connectivity index (χ3v) is 3.67. The smallest absolute Gasteiger partial charge is 0.240 e. The van der Waals surface area contributed by atoms with Gasteiger partial charge in [0.15, 0.2) is 0 Å². The molecular formula is C13H27N3O. The maximum atomic E-state index is 12.2. The molecule has 0 aliphatic carbocycles. The molecule has 0 spiro atoms. The molecule has 1 aliphatic rings. The first kappa shape index (κ1) is 14.5. The molecule has 0 aromatic heterocycles. The van der Waals surface area contributed by atoms with Crippen LogP contribution in [-0.4, -0.2) is 49.6 Å². The Balaban J connectivity index is 2.38. The van der Waals surface area contributed by atoms with Gasteiger partial charge in [-0.15, -0.1) is 0 Å². The minimum Gasteiger partial charge on any atom is -0.353 e. The molecule has 1 fully saturated rings. The summed E-state index contributed by atoms with van der Waals surface area (Å²) in [6.07, 6.45) is 4.09. The molecule has 0 aromatic carbocycles. The highest BCUT2D eigenvalue weighted by atomic mass is 16.2. The number of likely N-dealkylation sites (N-methyl/N-ethyl adjacent to an activating group) is 1. The summed E-state index contributed by atoms with van der Waals surface area (Å²) in [4.78, 5) is 14.4. The minimum absolute atomic E-state index is 0.196. The number of hydrogen-bond donors (Lipinski definition) is 2. The van der Waals surface area contributed by atoms with Gasteiger partial charge >= 0.3 is 0 Å². The summed E-state index contributed by atoms with van der Waals surface area (Å²) >= 11 is 0. The Labute approximate surface area is 105 Å². The van der Waals surface area contributed by atoms with Crippen LogP contribution in [0.25, 0.3) is 0 Å². The summed E-state index contributed by atoms with van der Waals surface area (Å²) < 4.78 is 0. The summed E-state index contributed by atoms with van der Waals surface area (Å²) in [5, 5.41) is 6.47. The number of amides is 1. The molecule has 1 saturated heterocycles. The van der Waals surface area contributed by atoms with Gasteiger partial charge in [0.2, 0.25) is 5.91 Å². The van der Waals surface area contributed by atoms with Gasteiger partial charge in [-0.3, -0.25) is 4.79 Å². The quantitative estimate of drug-likeness (QED) is 0.698. The number of nitrogens with one attached hydrogen (secondary N) is 2. The molecule has 17 heavy (non-hydrogen) atoms. The second kappa shape index (κ2) is 6.97. The number of carbonyl (C=O) groups excluding carboxylic acids is 1. The fourth-order valence-corrected chi connectivity index (χ4v) is 2.44. The zero-order valence-corrected chi connectivity index (χ0v) is 11.5. The highest BCUT2D eigenvalue weighted by Crippen LogP contribution is 2.24. The molecule has 4 nitrogen and oxygen atoms in total. The van der Waals surface area contributed by atoms with Gasteiger partial charge in [0.25, 0.3) is 0 Å². The van der Waals surface area contributed by atoms with E-state index >= 15 is 0 Å². The maximum absolute atomic E-state index is 12.2. The van der Waals surface area contributed by atoms with Crippen LogP contribution in [0.4, 0.5) is 0 Å². The van der Waals surface area contributed by atoms with Crippen molar-refractivity contribution in [2.45, 2.75) is 45.1 Å². The maximum Gasteiger partial charge on any atom is 0.240 e. The van der Waals surface area contributed by atoms with Crippen molar-refractivity contribution in [1.29, 1.82) is 0 Å². The summed E-state index contributed by atoms with van der Waals surface area (Å²) in [7, 11) is 2.07. The summed E-state index contributed by atoms with van der Waals surface area (Å²) in [6.45, 7) is 7.93. The van der Waals surface area contributed by atoms with Crippen LogP contribution in [0.3, 0.4) is 0 Å². The van der Waals surface area contributed by atoms with Crippen LogP contribution in [0.15, 0.2) is 0 Å². The average molecular weight is 241 g/mol. The third-order valence-electron chi connectivity index (χ3n) is 3.67. The molecule has 0 radical (unpaired) electrons. The SMILES string of the molecule is CCCC1(C(=O)NCCN(C)CC)CCCN1. The van der Waals surface area contributed by atoms with Crippen molar-refractivity contribution in [3.63, 3.8) is 0 Å². The third kappa shape index (κ3) is 3.96. The lowest BCUT2D eigenvalue weighted by Crippen LogP contribution is -2.54. The van der Waals surface area contributed by atoms with Crippen LogP contribution in [0.5, 0.6) is 0 Å². The Kier molecular flexibility index (Phi) is 5.92. The average Bonchev–Trinajstić information content (AvgIpc) is 2.79. The lowest BCUT2D eigenvalue weighted by molar-refractivity contribution is -0.127.